The molecule has 0 aromatic heterocycles. The number of nitrogens with one attached hydrogen (secondary N) is 1. The summed E-state index contributed by atoms with van der Waals surface area (Å²) in [5, 5.41) is 3.20. The maximum absolute atomic E-state index is 12.1. The fourth-order valence-electron chi connectivity index (χ4n) is 3.06. The molecule has 0 aliphatic heterocycles. The predicted octanol–water partition coefficient (Wildman–Crippen LogP) is 3.56. The lowest BCUT2D eigenvalue weighted by Gasteiger charge is -2.32. The van der Waals surface area contributed by atoms with Crippen LogP contribution in [0.3, 0.4) is 0 Å². The van der Waals surface area contributed by atoms with Crippen LogP contribution in [-0.4, -0.2) is 11.9 Å². The van der Waals surface area contributed by atoms with Gasteiger partial charge in [0.25, 0.3) is 0 Å². The van der Waals surface area contributed by atoms with Crippen LogP contribution in [0, 0.1) is 11.8 Å². The zero-order valence-electron chi connectivity index (χ0n) is 13.0. The summed E-state index contributed by atoms with van der Waals surface area (Å²) in [7, 11) is 0. The van der Waals surface area contributed by atoms with Gasteiger partial charge >= 0.3 is 0 Å². The van der Waals surface area contributed by atoms with Crippen molar-refractivity contribution in [2.45, 2.75) is 52.0 Å². The number of anilines is 1. The van der Waals surface area contributed by atoms with Crippen LogP contribution in [0.15, 0.2) is 24.3 Å². The van der Waals surface area contributed by atoms with Crippen LogP contribution in [0.1, 0.15) is 45.1 Å². The number of amides is 1. The molecule has 0 spiro atoms. The van der Waals surface area contributed by atoms with E-state index in [1.807, 2.05) is 24.3 Å². The Bertz CT molecular complexity index is 445. The van der Waals surface area contributed by atoms with Gasteiger partial charge in [-0.25, -0.2) is 0 Å². The molecule has 21 heavy (non-hydrogen) atoms. The van der Waals surface area contributed by atoms with Crippen molar-refractivity contribution in [3.8, 4) is 0 Å². The number of carbonyl (C=O) groups excluding carboxylic acids is 1. The van der Waals surface area contributed by atoms with Crippen LogP contribution in [-0.2, 0) is 11.2 Å². The molecule has 1 aliphatic rings. The quantitative estimate of drug-likeness (QED) is 0.835. The third-order valence-electron chi connectivity index (χ3n) is 4.37. The lowest BCUT2D eigenvalue weighted by molar-refractivity contribution is -0.121. The van der Waals surface area contributed by atoms with E-state index in [1.165, 1.54) is 12.8 Å². The molecule has 2 rings (SSSR count). The summed E-state index contributed by atoms with van der Waals surface area (Å²) in [6, 6.07) is 7.90. The zero-order chi connectivity index (χ0) is 14.5. The van der Waals surface area contributed by atoms with E-state index in [4.69, 9.17) is 5.73 Å². The summed E-state index contributed by atoms with van der Waals surface area (Å²) in [6.07, 6.45) is 5.24. The van der Waals surface area contributed by atoms with E-state index in [0.29, 0.717) is 18.4 Å². The van der Waals surface area contributed by atoms with Crippen LogP contribution in [0.4, 0.5) is 5.69 Å². The highest BCUT2D eigenvalue weighted by Gasteiger charge is 2.25. The first-order valence-corrected chi connectivity index (χ1v) is 7.68. The largest absolute Gasteiger partial charge is 0.399 e. The highest BCUT2D eigenvalue weighted by molar-refractivity contribution is 5.85. The molecule has 4 heteroatoms. The van der Waals surface area contributed by atoms with Crippen molar-refractivity contribution < 1.29 is 4.79 Å². The van der Waals surface area contributed by atoms with Crippen molar-refractivity contribution in [1.29, 1.82) is 0 Å². The molecule has 1 fully saturated rings. The molecule has 2 atom stereocenters. The first-order valence-electron chi connectivity index (χ1n) is 7.68. The second-order valence-electron chi connectivity index (χ2n) is 6.35. The molecule has 0 bridgehead atoms. The Balaban J connectivity index is 0.00000220. The van der Waals surface area contributed by atoms with E-state index in [9.17, 15) is 4.79 Å². The lowest BCUT2D eigenvalue weighted by atomic mass is 9.79. The minimum Gasteiger partial charge on any atom is -0.399 e. The molecule has 118 valence electrons. The molecule has 0 radical (unpaired) electrons. The van der Waals surface area contributed by atoms with Crippen molar-refractivity contribution in [3.05, 3.63) is 29.8 Å². The Hall–Kier alpha value is -1.22. The van der Waals surface area contributed by atoms with E-state index >= 15 is 0 Å². The van der Waals surface area contributed by atoms with Gasteiger partial charge in [0.15, 0.2) is 0 Å². The molecule has 1 aromatic rings. The van der Waals surface area contributed by atoms with Gasteiger partial charge in [-0.15, -0.1) is 12.4 Å². The third-order valence-corrected chi connectivity index (χ3v) is 4.37. The van der Waals surface area contributed by atoms with Gasteiger partial charge in [-0.2, -0.15) is 0 Å². The molecule has 2 unspecified atom stereocenters. The number of nitrogen functional groups attached to an aromatic ring is 1. The Morgan fingerprint density at radius 3 is 2.57 bits per heavy atom. The maximum atomic E-state index is 12.1. The minimum absolute atomic E-state index is 0. The first-order chi connectivity index (χ1) is 9.54. The smallest absolute Gasteiger partial charge is 0.224 e. The highest BCUT2D eigenvalue weighted by Crippen LogP contribution is 2.29. The summed E-state index contributed by atoms with van der Waals surface area (Å²) in [5.74, 6) is 1.60. The van der Waals surface area contributed by atoms with Gasteiger partial charge in [-0.05, 0) is 42.4 Å². The molecule has 1 aromatic carbocycles. The standard InChI is InChI=1S/C17H26N2O.ClH/c1-12(2)14-4-3-5-16(11-14)19-17(20)10-13-6-8-15(18)9-7-13;/h6-9,12,14,16H,3-5,10-11,18H2,1-2H3,(H,19,20);1H. The van der Waals surface area contributed by atoms with E-state index in [2.05, 4.69) is 19.2 Å². The Labute approximate surface area is 134 Å². The van der Waals surface area contributed by atoms with Crippen LogP contribution in [0.25, 0.3) is 0 Å². The van der Waals surface area contributed by atoms with Crippen molar-refractivity contribution in [3.63, 3.8) is 0 Å². The summed E-state index contributed by atoms with van der Waals surface area (Å²) in [6.45, 7) is 4.56. The van der Waals surface area contributed by atoms with Crippen LogP contribution >= 0.6 is 12.4 Å². The first kappa shape index (κ1) is 17.8. The number of nitrogens with two attached hydrogens (primary N) is 1. The van der Waals surface area contributed by atoms with Gasteiger partial charge in [0.05, 0.1) is 6.42 Å². The van der Waals surface area contributed by atoms with E-state index < -0.39 is 0 Å². The fraction of sp³-hybridized carbons (Fsp3) is 0.588. The molecule has 3 N–H and O–H groups in total. The lowest BCUT2D eigenvalue weighted by Crippen LogP contribution is -2.40. The number of rotatable bonds is 4. The Morgan fingerprint density at radius 1 is 1.29 bits per heavy atom. The number of hydrogen-bond donors (Lipinski definition) is 2. The third kappa shape index (κ3) is 5.58. The average molecular weight is 311 g/mol. The zero-order valence-corrected chi connectivity index (χ0v) is 13.8. The van der Waals surface area contributed by atoms with Gasteiger partial charge < -0.3 is 11.1 Å². The monoisotopic (exact) mass is 310 g/mol. The molecule has 3 nitrogen and oxygen atoms in total. The van der Waals surface area contributed by atoms with Crippen LogP contribution < -0.4 is 11.1 Å². The van der Waals surface area contributed by atoms with Gasteiger partial charge in [-0.3, -0.25) is 4.79 Å². The SMILES string of the molecule is CC(C)C1CCCC(NC(=O)Cc2ccc(N)cc2)C1.Cl. The summed E-state index contributed by atoms with van der Waals surface area (Å²) in [4.78, 5) is 12.1. The van der Waals surface area contributed by atoms with Gasteiger partial charge in [0, 0.05) is 11.7 Å². The summed E-state index contributed by atoms with van der Waals surface area (Å²) < 4.78 is 0. The van der Waals surface area contributed by atoms with Crippen LogP contribution in [0.5, 0.6) is 0 Å². The molecule has 1 aliphatic carbocycles. The molecule has 0 heterocycles. The number of halogens is 1. The van der Waals surface area contributed by atoms with Crippen LogP contribution in [0.2, 0.25) is 0 Å². The van der Waals surface area contributed by atoms with E-state index in [-0.39, 0.29) is 18.3 Å². The second kappa shape index (κ2) is 8.28. The predicted molar refractivity (Wildman–Crippen MR) is 90.5 cm³/mol. The molecule has 0 saturated heterocycles. The normalized spacial score (nSPS) is 21.7. The van der Waals surface area contributed by atoms with Gasteiger partial charge in [0.2, 0.25) is 5.91 Å². The van der Waals surface area contributed by atoms with E-state index in [0.717, 1.165) is 30.0 Å². The second-order valence-corrected chi connectivity index (χ2v) is 6.35. The topological polar surface area (TPSA) is 55.1 Å². The maximum Gasteiger partial charge on any atom is 0.224 e. The number of hydrogen-bond acceptors (Lipinski definition) is 2. The minimum atomic E-state index is 0. The van der Waals surface area contributed by atoms with Crippen molar-refractivity contribution in [2.24, 2.45) is 11.8 Å². The summed E-state index contributed by atoms with van der Waals surface area (Å²) >= 11 is 0. The summed E-state index contributed by atoms with van der Waals surface area (Å²) in [5.41, 5.74) is 7.41. The number of benzene rings is 1. The van der Waals surface area contributed by atoms with Gasteiger partial charge in [0.1, 0.15) is 0 Å². The van der Waals surface area contributed by atoms with Crippen molar-refractivity contribution >= 4 is 24.0 Å². The van der Waals surface area contributed by atoms with E-state index in [1.54, 1.807) is 0 Å². The molecular weight excluding hydrogens is 284 g/mol. The van der Waals surface area contributed by atoms with Crippen molar-refractivity contribution in [1.82, 2.24) is 5.32 Å². The Kier molecular flexibility index (Phi) is 7.03. The van der Waals surface area contributed by atoms with Gasteiger partial charge in [-0.1, -0.05) is 38.8 Å². The number of carbonyl (C=O) groups is 1. The average Bonchev–Trinajstić information content (AvgIpc) is 2.41. The van der Waals surface area contributed by atoms with Crippen molar-refractivity contribution in [2.75, 3.05) is 5.73 Å². The Morgan fingerprint density at radius 2 is 1.95 bits per heavy atom. The molecule has 1 saturated carbocycles. The molecular formula is C17H27ClN2O. The highest BCUT2D eigenvalue weighted by atomic mass is 35.5. The molecule has 1 amide bonds. The fourth-order valence-corrected chi connectivity index (χ4v) is 3.06.